The van der Waals surface area contributed by atoms with Gasteiger partial charge in [-0.15, -0.1) is 3.89 Å². The van der Waals surface area contributed by atoms with E-state index in [0.29, 0.717) is 30.3 Å². The van der Waals surface area contributed by atoms with Gasteiger partial charge >= 0.3 is 10.2 Å². The largest absolute Gasteiger partial charge is 0.490 e. The van der Waals surface area contributed by atoms with E-state index in [1.165, 1.54) is 12.1 Å². The highest BCUT2D eigenvalue weighted by atomic mass is 32.3. The fourth-order valence-corrected chi connectivity index (χ4v) is 2.07. The summed E-state index contributed by atoms with van der Waals surface area (Å²) in [6.07, 6.45) is 0.769. The van der Waals surface area contributed by atoms with Crippen molar-refractivity contribution in [3.63, 3.8) is 0 Å². The zero-order valence-electron chi connectivity index (χ0n) is 8.48. The minimum atomic E-state index is -4.51. The Bertz CT molecular complexity index is 484. The summed E-state index contributed by atoms with van der Waals surface area (Å²) in [5.74, 6) is 0.403. The molecule has 2 rings (SSSR count). The Morgan fingerprint density at radius 2 is 1.88 bits per heavy atom. The number of ether oxygens (including phenoxy) is 2. The van der Waals surface area contributed by atoms with Gasteiger partial charge in [-0.1, -0.05) is 6.07 Å². The third kappa shape index (κ3) is 2.85. The summed E-state index contributed by atoms with van der Waals surface area (Å²) < 4.78 is 44.2. The fraction of sp³-hybridized carbons (Fsp3) is 0.400. The molecular formula is C10H11FO4S. The molecular weight excluding hydrogens is 235 g/mol. The van der Waals surface area contributed by atoms with E-state index in [1.54, 1.807) is 6.07 Å². The second-order valence-corrected chi connectivity index (χ2v) is 4.88. The highest BCUT2D eigenvalue weighted by Crippen LogP contribution is 2.30. The predicted octanol–water partition coefficient (Wildman–Crippen LogP) is 1.65. The van der Waals surface area contributed by atoms with Gasteiger partial charge in [-0.3, -0.25) is 0 Å². The van der Waals surface area contributed by atoms with E-state index < -0.39 is 16.0 Å². The molecule has 4 nitrogen and oxygen atoms in total. The summed E-state index contributed by atoms with van der Waals surface area (Å²) in [6.45, 7) is 1.08. The molecule has 1 heterocycles. The van der Waals surface area contributed by atoms with Gasteiger partial charge in [0.1, 0.15) is 5.75 Å². The number of fused-ring (bicyclic) bond motifs is 1. The second kappa shape index (κ2) is 4.29. The van der Waals surface area contributed by atoms with Crippen molar-refractivity contribution in [1.82, 2.24) is 0 Å². The third-order valence-corrected chi connectivity index (χ3v) is 2.83. The van der Waals surface area contributed by atoms with Gasteiger partial charge in [0.15, 0.2) is 11.5 Å². The minimum Gasteiger partial charge on any atom is -0.490 e. The van der Waals surface area contributed by atoms with Crippen LogP contribution in [0.1, 0.15) is 12.0 Å². The lowest BCUT2D eigenvalue weighted by molar-refractivity contribution is 0.297. The first-order valence-corrected chi connectivity index (χ1v) is 6.41. The number of rotatable bonds is 2. The molecule has 0 radical (unpaired) electrons. The van der Waals surface area contributed by atoms with Crippen molar-refractivity contribution in [2.24, 2.45) is 0 Å². The second-order valence-electron chi connectivity index (χ2n) is 3.51. The molecule has 0 spiro atoms. The topological polar surface area (TPSA) is 52.6 Å². The fourth-order valence-electron chi connectivity index (χ4n) is 1.50. The van der Waals surface area contributed by atoms with Crippen LogP contribution in [0.2, 0.25) is 0 Å². The Balaban J connectivity index is 2.27. The van der Waals surface area contributed by atoms with Gasteiger partial charge in [0.2, 0.25) is 0 Å². The van der Waals surface area contributed by atoms with Crippen LogP contribution in [0, 0.1) is 0 Å². The standard InChI is InChI=1S/C10H11FO4S/c11-16(12,13)7-8-2-3-9-10(6-8)15-5-1-4-14-9/h2-3,6H,1,4-5,7H2. The molecule has 0 unspecified atom stereocenters. The first kappa shape index (κ1) is 11.2. The zero-order chi connectivity index (χ0) is 11.6. The maximum absolute atomic E-state index is 12.5. The lowest BCUT2D eigenvalue weighted by atomic mass is 10.2. The molecule has 1 aliphatic heterocycles. The van der Waals surface area contributed by atoms with E-state index in [9.17, 15) is 12.3 Å². The third-order valence-electron chi connectivity index (χ3n) is 2.15. The van der Waals surface area contributed by atoms with Crippen LogP contribution in [-0.2, 0) is 16.0 Å². The summed E-state index contributed by atoms with van der Waals surface area (Å²) in [7, 11) is -4.51. The Morgan fingerprint density at radius 1 is 1.19 bits per heavy atom. The van der Waals surface area contributed by atoms with Crippen molar-refractivity contribution in [1.29, 1.82) is 0 Å². The molecule has 0 N–H and O–H groups in total. The van der Waals surface area contributed by atoms with Crippen molar-refractivity contribution in [2.75, 3.05) is 13.2 Å². The molecule has 0 bridgehead atoms. The van der Waals surface area contributed by atoms with E-state index in [-0.39, 0.29) is 0 Å². The summed E-state index contributed by atoms with van der Waals surface area (Å²) in [5.41, 5.74) is 0.353. The molecule has 0 amide bonds. The van der Waals surface area contributed by atoms with Crippen molar-refractivity contribution in [3.05, 3.63) is 23.8 Å². The normalized spacial score (nSPS) is 15.6. The SMILES string of the molecule is O=S(=O)(F)Cc1ccc2c(c1)OCCCO2. The first-order valence-electron chi connectivity index (χ1n) is 4.85. The number of benzene rings is 1. The van der Waals surface area contributed by atoms with Crippen LogP contribution in [-0.4, -0.2) is 21.6 Å². The van der Waals surface area contributed by atoms with Gasteiger partial charge in [-0.05, 0) is 17.7 Å². The van der Waals surface area contributed by atoms with Crippen LogP contribution in [0.15, 0.2) is 18.2 Å². The highest BCUT2D eigenvalue weighted by Gasteiger charge is 2.14. The number of hydrogen-bond donors (Lipinski definition) is 0. The average molecular weight is 246 g/mol. The highest BCUT2D eigenvalue weighted by molar-refractivity contribution is 7.85. The van der Waals surface area contributed by atoms with E-state index in [2.05, 4.69) is 0 Å². The summed E-state index contributed by atoms with van der Waals surface area (Å²) in [4.78, 5) is 0. The molecule has 88 valence electrons. The predicted molar refractivity (Wildman–Crippen MR) is 55.8 cm³/mol. The van der Waals surface area contributed by atoms with Gasteiger partial charge in [-0.25, -0.2) is 0 Å². The van der Waals surface area contributed by atoms with Crippen LogP contribution in [0.25, 0.3) is 0 Å². The molecule has 0 aromatic heterocycles. The molecule has 1 aliphatic rings. The molecule has 16 heavy (non-hydrogen) atoms. The molecule has 0 atom stereocenters. The van der Waals surface area contributed by atoms with Gasteiger partial charge in [0.05, 0.1) is 13.2 Å². The lowest BCUT2D eigenvalue weighted by Crippen LogP contribution is -1.98. The van der Waals surface area contributed by atoms with Crippen LogP contribution in [0.5, 0.6) is 11.5 Å². The molecule has 1 aromatic rings. The van der Waals surface area contributed by atoms with Crippen molar-refractivity contribution >= 4 is 10.2 Å². The Labute approximate surface area is 93.2 Å². The Morgan fingerprint density at radius 3 is 2.56 bits per heavy atom. The van der Waals surface area contributed by atoms with E-state index >= 15 is 0 Å². The van der Waals surface area contributed by atoms with Gasteiger partial charge in [-0.2, -0.15) is 8.42 Å². The summed E-state index contributed by atoms with van der Waals surface area (Å²) >= 11 is 0. The number of hydrogen-bond acceptors (Lipinski definition) is 4. The summed E-state index contributed by atoms with van der Waals surface area (Å²) in [5, 5.41) is 0. The number of halogens is 1. The Kier molecular flexibility index (Phi) is 3.00. The van der Waals surface area contributed by atoms with Gasteiger partial charge in [0.25, 0.3) is 0 Å². The van der Waals surface area contributed by atoms with E-state index in [0.717, 1.165) is 6.42 Å². The summed E-state index contributed by atoms with van der Waals surface area (Å²) in [6, 6.07) is 4.61. The average Bonchev–Trinajstić information content (AvgIpc) is 2.39. The zero-order valence-corrected chi connectivity index (χ0v) is 9.30. The van der Waals surface area contributed by atoms with E-state index in [1.807, 2.05) is 0 Å². The molecule has 0 fully saturated rings. The van der Waals surface area contributed by atoms with Gasteiger partial charge < -0.3 is 9.47 Å². The van der Waals surface area contributed by atoms with Crippen LogP contribution in [0.4, 0.5) is 3.89 Å². The minimum absolute atomic E-state index is 0.353. The molecule has 6 heteroatoms. The quantitative estimate of drug-likeness (QED) is 0.744. The smallest absolute Gasteiger partial charge is 0.306 e. The van der Waals surface area contributed by atoms with Crippen molar-refractivity contribution in [3.8, 4) is 11.5 Å². The maximum atomic E-state index is 12.5. The lowest BCUT2D eigenvalue weighted by Gasteiger charge is -2.08. The van der Waals surface area contributed by atoms with E-state index in [4.69, 9.17) is 9.47 Å². The van der Waals surface area contributed by atoms with Crippen LogP contribution < -0.4 is 9.47 Å². The first-order chi connectivity index (χ1) is 7.54. The molecule has 0 saturated heterocycles. The monoisotopic (exact) mass is 246 g/mol. The van der Waals surface area contributed by atoms with Crippen LogP contribution in [0.3, 0.4) is 0 Å². The molecule has 1 aromatic carbocycles. The van der Waals surface area contributed by atoms with Gasteiger partial charge in [0, 0.05) is 6.42 Å². The van der Waals surface area contributed by atoms with Crippen molar-refractivity contribution in [2.45, 2.75) is 12.2 Å². The maximum Gasteiger partial charge on any atom is 0.306 e. The van der Waals surface area contributed by atoms with Crippen molar-refractivity contribution < 1.29 is 21.8 Å². The molecule has 0 saturated carbocycles. The molecule has 0 aliphatic carbocycles. The van der Waals surface area contributed by atoms with Crippen LogP contribution >= 0.6 is 0 Å². The Hall–Kier alpha value is -1.30.